The first-order chi connectivity index (χ1) is 26.1. The van der Waals surface area contributed by atoms with E-state index < -0.39 is 89.0 Å². The Morgan fingerprint density at radius 3 is 2.11 bits per heavy atom. The van der Waals surface area contributed by atoms with Crippen molar-refractivity contribution in [3.8, 4) is 0 Å². The van der Waals surface area contributed by atoms with Crippen LogP contribution in [0.15, 0.2) is 36.5 Å². The van der Waals surface area contributed by atoms with Crippen LogP contribution < -0.4 is 0 Å². The molecule has 5 N–H and O–H groups in total. The highest BCUT2D eigenvalue weighted by molar-refractivity contribution is 5.91. The molecule has 0 aliphatic carbocycles. The Labute approximate surface area is 336 Å². The summed E-state index contributed by atoms with van der Waals surface area (Å²) < 4.78 is 20.0. The lowest BCUT2D eigenvalue weighted by Crippen LogP contribution is -2.62. The van der Waals surface area contributed by atoms with Crippen molar-refractivity contribution >= 4 is 17.5 Å². The number of Topliss-reactive ketones (excluding diaryl/α,β-unsaturated/α-hetero) is 2. The minimum Gasteiger partial charge on any atom is -0.458 e. The SMILES string of the molecule is CCC1/C=C/C=C/C[C@@H](C)[C@H](O)[C@@](C)(O)C(=O)[C@H](C)[C@@H](O)[C@H](C)C(=O)[C@@H](C)[C@H](O)[C@@H](C)/C=C/C(=O)OC2[C@H](C)C(CC1)OC1(CC[C@H](C)C(C[C@@H](C)O)O1)[C@H]2C. The minimum atomic E-state index is -2.18. The van der Waals surface area contributed by atoms with Crippen molar-refractivity contribution in [1.29, 1.82) is 0 Å². The second-order valence-electron chi connectivity index (χ2n) is 18.0. The van der Waals surface area contributed by atoms with Crippen molar-refractivity contribution in [2.24, 2.45) is 53.3 Å². The molecule has 320 valence electrons. The predicted octanol–water partition coefficient (Wildman–Crippen LogP) is 5.88. The van der Waals surface area contributed by atoms with Crippen LogP contribution in [0.5, 0.6) is 0 Å². The summed E-state index contributed by atoms with van der Waals surface area (Å²) in [6.07, 6.45) is 9.62. The normalized spacial score (nSPS) is 46.8. The van der Waals surface area contributed by atoms with Crippen LogP contribution in [0.25, 0.3) is 0 Å². The summed E-state index contributed by atoms with van der Waals surface area (Å²) >= 11 is 0. The molecule has 56 heavy (non-hydrogen) atoms. The highest BCUT2D eigenvalue weighted by Gasteiger charge is 2.56. The molecule has 2 fully saturated rings. The van der Waals surface area contributed by atoms with Crippen LogP contribution >= 0.6 is 0 Å². The molecular weight excluding hydrogens is 716 g/mol. The number of allylic oxidation sites excluding steroid dienone is 4. The second-order valence-corrected chi connectivity index (χ2v) is 18.0. The Morgan fingerprint density at radius 1 is 0.839 bits per heavy atom. The van der Waals surface area contributed by atoms with Gasteiger partial charge in [-0.15, -0.1) is 0 Å². The van der Waals surface area contributed by atoms with Crippen molar-refractivity contribution in [2.75, 3.05) is 0 Å². The predicted molar refractivity (Wildman–Crippen MR) is 215 cm³/mol. The van der Waals surface area contributed by atoms with Crippen LogP contribution in [0.4, 0.5) is 0 Å². The van der Waals surface area contributed by atoms with Gasteiger partial charge in [0, 0.05) is 48.0 Å². The highest BCUT2D eigenvalue weighted by atomic mass is 16.7. The first-order valence-corrected chi connectivity index (χ1v) is 21.2. The molecule has 0 aromatic heterocycles. The van der Waals surface area contributed by atoms with Crippen molar-refractivity contribution in [2.45, 2.75) is 175 Å². The maximum Gasteiger partial charge on any atom is 0.330 e. The zero-order valence-corrected chi connectivity index (χ0v) is 35.8. The summed E-state index contributed by atoms with van der Waals surface area (Å²) in [6.45, 7) is 19.1. The number of ketones is 2. The van der Waals surface area contributed by atoms with Gasteiger partial charge < -0.3 is 39.7 Å². The van der Waals surface area contributed by atoms with Gasteiger partial charge in [-0.05, 0) is 70.1 Å². The topological polar surface area (TPSA) is 180 Å². The van der Waals surface area contributed by atoms with Crippen LogP contribution in [0.1, 0.15) is 121 Å². The monoisotopic (exact) mass is 791 g/mol. The van der Waals surface area contributed by atoms with E-state index in [0.717, 1.165) is 19.3 Å². The molecule has 1 spiro atoms. The van der Waals surface area contributed by atoms with Gasteiger partial charge >= 0.3 is 5.97 Å². The van der Waals surface area contributed by atoms with Gasteiger partial charge in [0.1, 0.15) is 17.5 Å². The molecule has 2 bridgehead atoms. The molecule has 11 nitrogen and oxygen atoms in total. The third-order valence-electron chi connectivity index (χ3n) is 13.4. The second kappa shape index (κ2) is 20.6. The maximum absolute atomic E-state index is 13.5. The van der Waals surface area contributed by atoms with Crippen molar-refractivity contribution in [3.05, 3.63) is 36.5 Å². The van der Waals surface area contributed by atoms with Crippen LogP contribution in [0.3, 0.4) is 0 Å². The van der Waals surface area contributed by atoms with Crippen LogP contribution in [0.2, 0.25) is 0 Å². The Morgan fingerprint density at radius 2 is 1.48 bits per heavy atom. The molecule has 5 unspecified atom stereocenters. The van der Waals surface area contributed by atoms with E-state index in [4.69, 9.17) is 14.2 Å². The summed E-state index contributed by atoms with van der Waals surface area (Å²) in [5.74, 6) is -7.28. The first-order valence-electron chi connectivity index (χ1n) is 21.2. The smallest absolute Gasteiger partial charge is 0.330 e. The molecule has 3 aliphatic heterocycles. The summed E-state index contributed by atoms with van der Waals surface area (Å²) in [5.41, 5.74) is -2.18. The summed E-state index contributed by atoms with van der Waals surface area (Å²) in [6, 6.07) is 0. The summed E-state index contributed by atoms with van der Waals surface area (Å²) in [4.78, 5) is 40.5. The van der Waals surface area contributed by atoms with E-state index in [-0.39, 0.29) is 35.9 Å². The lowest BCUT2D eigenvalue weighted by molar-refractivity contribution is -0.371. The number of hydrogen-bond acceptors (Lipinski definition) is 11. The molecule has 3 aliphatic rings. The Bertz CT molecular complexity index is 1390. The van der Waals surface area contributed by atoms with Gasteiger partial charge in [-0.2, -0.15) is 0 Å². The quantitative estimate of drug-likeness (QED) is 0.216. The number of fused-ring (bicyclic) bond motifs is 2. The summed E-state index contributed by atoms with van der Waals surface area (Å²) in [7, 11) is 0. The van der Waals surface area contributed by atoms with E-state index >= 15 is 0 Å². The highest BCUT2D eigenvalue weighted by Crippen LogP contribution is 2.49. The standard InChI is InChI=1S/C45H74O11/c1-12-34-17-15-13-14-16-27(4)42(51)44(11,53)43(52)32(9)40(50)31(8)39(49)30(7)38(48)26(3)18-21-37(47)54-41-29(6)35(20-19-34)55-45(33(41)10)23-22-25(2)36(56-45)24-28(5)46/h13-15,17-18,21,25-36,38,40-42,46,48,50-51,53H,12,16,19-20,22-24H2,1-11H3/b14-13+,17-15+,21-18+/t25-,26-,27+,28+,29+,30-,31+,32+,33-,34?,35?,36?,38+,40-,41?,42-,44+,45?/m0/s1. The van der Waals surface area contributed by atoms with Crippen molar-refractivity contribution in [1.82, 2.24) is 0 Å². The molecule has 3 rings (SSSR count). The molecule has 2 saturated heterocycles. The molecular formula is C45H74O11. The third-order valence-corrected chi connectivity index (χ3v) is 13.4. The van der Waals surface area contributed by atoms with Gasteiger partial charge in [-0.3, -0.25) is 9.59 Å². The van der Waals surface area contributed by atoms with E-state index in [1.807, 2.05) is 32.1 Å². The number of carbonyl (C=O) groups is 3. The fraction of sp³-hybridized carbons (Fsp3) is 0.800. The van der Waals surface area contributed by atoms with E-state index in [2.05, 4.69) is 19.9 Å². The molecule has 0 radical (unpaired) electrons. The number of rotatable bonds is 3. The van der Waals surface area contributed by atoms with Gasteiger partial charge in [-0.1, -0.05) is 92.7 Å². The van der Waals surface area contributed by atoms with Crippen LogP contribution in [-0.4, -0.2) is 97.2 Å². The van der Waals surface area contributed by atoms with Gasteiger partial charge in [0.2, 0.25) is 0 Å². The van der Waals surface area contributed by atoms with Gasteiger partial charge in [0.05, 0.1) is 36.6 Å². The molecule has 11 heteroatoms. The molecule has 3 heterocycles. The number of carbonyl (C=O) groups excluding carboxylic acids is 3. The average molecular weight is 791 g/mol. The fourth-order valence-electron chi connectivity index (χ4n) is 9.01. The Hall–Kier alpha value is -2.25. The molecule has 0 amide bonds. The molecule has 0 aromatic carbocycles. The van der Waals surface area contributed by atoms with Crippen LogP contribution in [0, 0.1) is 53.3 Å². The fourth-order valence-corrected chi connectivity index (χ4v) is 9.01. The first kappa shape index (κ1) is 48.1. The minimum absolute atomic E-state index is 0.168. The number of ether oxygens (including phenoxy) is 3. The van der Waals surface area contributed by atoms with Gasteiger partial charge in [0.15, 0.2) is 11.6 Å². The van der Waals surface area contributed by atoms with E-state index in [0.29, 0.717) is 25.7 Å². The van der Waals surface area contributed by atoms with E-state index in [9.17, 15) is 39.9 Å². The van der Waals surface area contributed by atoms with Crippen molar-refractivity contribution < 1.29 is 54.1 Å². The molecule has 18 atom stereocenters. The van der Waals surface area contributed by atoms with E-state index in [1.165, 1.54) is 39.8 Å². The van der Waals surface area contributed by atoms with E-state index in [1.54, 1.807) is 20.8 Å². The van der Waals surface area contributed by atoms with Gasteiger partial charge in [-0.25, -0.2) is 4.79 Å². The number of esters is 1. The summed E-state index contributed by atoms with van der Waals surface area (Å²) in [5, 5.41) is 55.0. The molecule has 0 aromatic rings. The maximum atomic E-state index is 13.5. The Balaban J connectivity index is 1.99. The lowest BCUT2D eigenvalue weighted by Gasteiger charge is -2.55. The number of aliphatic hydroxyl groups is 5. The lowest BCUT2D eigenvalue weighted by atomic mass is 9.74. The zero-order valence-electron chi connectivity index (χ0n) is 35.8. The number of hydrogen-bond donors (Lipinski definition) is 5. The molecule has 0 saturated carbocycles. The van der Waals surface area contributed by atoms with Crippen molar-refractivity contribution in [3.63, 3.8) is 0 Å². The zero-order chi connectivity index (χ0) is 42.3. The van der Waals surface area contributed by atoms with Gasteiger partial charge in [0.25, 0.3) is 0 Å². The number of aliphatic hydroxyl groups excluding tert-OH is 4. The third kappa shape index (κ3) is 11.5. The largest absolute Gasteiger partial charge is 0.458 e. The Kier molecular flexibility index (Phi) is 17.7. The average Bonchev–Trinajstić information content (AvgIpc) is 3.16. The van der Waals surface area contributed by atoms with Crippen LogP contribution in [-0.2, 0) is 28.6 Å².